The van der Waals surface area contributed by atoms with Crippen molar-refractivity contribution < 1.29 is 71.9 Å². The smallest absolute Gasteiger partial charge is 0.343 e. The number of hydrogen-bond donors (Lipinski definition) is 0. The zero-order valence-corrected chi connectivity index (χ0v) is 24.6. The van der Waals surface area contributed by atoms with Gasteiger partial charge in [-0.3, -0.25) is 38.8 Å². The monoisotopic (exact) mass is 733 g/mol. The largest absolute Gasteiger partial charge is 0.471 e. The minimum Gasteiger partial charge on any atom is -0.343 e. The second-order valence-corrected chi connectivity index (χ2v) is 11.4. The summed E-state index contributed by atoms with van der Waals surface area (Å²) < 4.78 is 160. The minimum atomic E-state index is -5.57. The van der Waals surface area contributed by atoms with Gasteiger partial charge in [0.2, 0.25) is 0 Å². The van der Waals surface area contributed by atoms with Crippen LogP contribution in [0.15, 0.2) is 71.0 Å². The zero-order chi connectivity index (χ0) is 36.6. The molecule has 2 aromatic rings. The molecule has 4 amide bonds. The number of anilines is 2. The van der Waals surface area contributed by atoms with Crippen molar-refractivity contribution in [3.05, 3.63) is 72.3 Å². The second-order valence-electron chi connectivity index (χ2n) is 10.3. The molecule has 0 bridgehead atoms. The van der Waals surface area contributed by atoms with Gasteiger partial charge in [-0.2, -0.15) is 52.7 Å². The van der Waals surface area contributed by atoms with Crippen molar-refractivity contribution in [2.75, 3.05) is 11.9 Å². The van der Waals surface area contributed by atoms with E-state index < -0.39 is 71.8 Å². The highest BCUT2D eigenvalue weighted by Crippen LogP contribution is 2.51. The van der Waals surface area contributed by atoms with Gasteiger partial charge in [0, 0.05) is 41.6 Å². The van der Waals surface area contributed by atoms with Gasteiger partial charge < -0.3 is 4.90 Å². The van der Waals surface area contributed by atoms with E-state index in [0.717, 1.165) is 24.3 Å². The number of carbonyl (C=O) groups is 4. The molecule has 0 spiro atoms. The molecule has 262 valence electrons. The van der Waals surface area contributed by atoms with Crippen molar-refractivity contribution >= 4 is 46.8 Å². The highest BCUT2D eigenvalue weighted by molar-refractivity contribution is 7.99. The first-order chi connectivity index (χ1) is 22.4. The minimum absolute atomic E-state index is 0.0476. The Morgan fingerprint density at radius 3 is 1.02 bits per heavy atom. The van der Waals surface area contributed by atoms with E-state index in [1.54, 1.807) is 0 Å². The highest BCUT2D eigenvalue weighted by Gasteiger charge is 2.54. The Kier molecular flexibility index (Phi) is 8.40. The molecule has 3 aliphatic rings. The predicted molar refractivity (Wildman–Crippen MR) is 140 cm³/mol. The number of hydrogen-bond acceptors (Lipinski definition) is 6. The number of fused-ring (bicyclic) bond motifs is 2. The molecular weight excluding hydrogens is 718 g/mol. The fraction of sp³-hybridized carbons (Fsp3) is 0.259. The lowest BCUT2D eigenvalue weighted by Crippen LogP contribution is -2.46. The number of amides is 4. The van der Waals surface area contributed by atoms with Crippen LogP contribution in [0.2, 0.25) is 0 Å². The standard InChI is InChI=1S/C27H15F12N5O4S/c1-40-14-4-2-12(18-41(20(45)24(28,29)30)6-7-42(18)21(46)25(31,32)33)10-16(14)49-17-11-13(3-5-15(17)40)19-43(22(47)26(34,35)36)8-9-44(19)23(48)27(37,38)39/h2-11,18-19H,1H3. The summed E-state index contributed by atoms with van der Waals surface area (Å²) in [7, 11) is 1.42. The Bertz CT molecular complexity index is 1600. The van der Waals surface area contributed by atoms with Crippen LogP contribution >= 0.6 is 11.8 Å². The summed E-state index contributed by atoms with van der Waals surface area (Å²) in [6, 6.07) is 6.62. The van der Waals surface area contributed by atoms with Crippen LogP contribution in [0, 0.1) is 0 Å². The predicted octanol–water partition coefficient (Wildman–Crippen LogP) is 6.45. The summed E-state index contributed by atoms with van der Waals surface area (Å²) in [6.45, 7) is 0. The molecule has 0 atom stereocenters. The van der Waals surface area contributed by atoms with Crippen molar-refractivity contribution in [3.8, 4) is 0 Å². The zero-order valence-electron chi connectivity index (χ0n) is 23.7. The number of rotatable bonds is 2. The van der Waals surface area contributed by atoms with E-state index in [4.69, 9.17) is 0 Å². The number of halogens is 12. The fourth-order valence-electron chi connectivity index (χ4n) is 5.17. The fourth-order valence-corrected chi connectivity index (χ4v) is 6.42. The summed E-state index contributed by atoms with van der Waals surface area (Å²) >= 11 is 0.708. The highest BCUT2D eigenvalue weighted by atomic mass is 32.2. The molecule has 0 saturated heterocycles. The van der Waals surface area contributed by atoms with E-state index in [1.807, 2.05) is 0 Å². The summed E-state index contributed by atoms with van der Waals surface area (Å²) in [4.78, 5) is 49.4. The van der Waals surface area contributed by atoms with Gasteiger partial charge in [-0.15, -0.1) is 0 Å². The van der Waals surface area contributed by atoms with E-state index in [1.165, 1.54) is 24.1 Å². The lowest BCUT2D eigenvalue weighted by atomic mass is 10.1. The topological polar surface area (TPSA) is 84.5 Å². The first-order valence-corrected chi connectivity index (χ1v) is 13.9. The number of nitrogens with zero attached hydrogens (tertiary/aromatic N) is 5. The summed E-state index contributed by atoms with van der Waals surface area (Å²) in [6.07, 6.45) is -25.5. The van der Waals surface area contributed by atoms with Crippen LogP contribution in [0.4, 0.5) is 64.1 Å². The van der Waals surface area contributed by atoms with Gasteiger partial charge in [0.1, 0.15) is 12.3 Å². The van der Waals surface area contributed by atoms with E-state index in [9.17, 15) is 71.9 Å². The normalized spacial score (nSPS) is 17.2. The molecular formula is C27H15F12N5O4S. The molecule has 0 radical (unpaired) electrons. The molecule has 0 unspecified atom stereocenters. The molecule has 0 N–H and O–H groups in total. The molecule has 3 heterocycles. The molecule has 22 heteroatoms. The maximum Gasteiger partial charge on any atom is 0.471 e. The summed E-state index contributed by atoms with van der Waals surface area (Å²) in [5.74, 6) is -10.4. The number of carbonyl (C=O) groups excluding carboxylic acids is 4. The lowest BCUT2D eigenvalue weighted by molar-refractivity contribution is -0.193. The Labute approximate surface area is 269 Å². The SMILES string of the molecule is CN1c2ccc(C3N(C(=O)C(F)(F)F)C=CN3C(=O)C(F)(F)F)cc2Sc2cc(C3N(C(=O)C(F)(F)F)C=CN3C(=O)C(F)(F)F)ccc21. The van der Waals surface area contributed by atoms with Crippen LogP contribution in [0.5, 0.6) is 0 Å². The van der Waals surface area contributed by atoms with Gasteiger partial charge in [0.15, 0.2) is 0 Å². The van der Waals surface area contributed by atoms with E-state index in [2.05, 4.69) is 0 Å². The molecule has 0 aliphatic carbocycles. The van der Waals surface area contributed by atoms with Gasteiger partial charge in [0.25, 0.3) is 0 Å². The van der Waals surface area contributed by atoms with Crippen molar-refractivity contribution in [2.45, 2.75) is 46.8 Å². The molecule has 2 aromatic carbocycles. The maximum atomic E-state index is 13.4. The van der Waals surface area contributed by atoms with Gasteiger partial charge in [-0.1, -0.05) is 23.9 Å². The number of benzene rings is 2. The second kappa shape index (κ2) is 11.6. The Balaban J connectivity index is 1.56. The molecule has 0 saturated carbocycles. The third-order valence-corrected chi connectivity index (χ3v) is 8.34. The van der Waals surface area contributed by atoms with Gasteiger partial charge in [-0.25, -0.2) is 0 Å². The van der Waals surface area contributed by atoms with Crippen molar-refractivity contribution in [1.29, 1.82) is 0 Å². The van der Waals surface area contributed by atoms with E-state index >= 15 is 0 Å². The third-order valence-electron chi connectivity index (χ3n) is 7.24. The summed E-state index contributed by atoms with van der Waals surface area (Å²) in [5.41, 5.74) is -0.341. The van der Waals surface area contributed by atoms with Crippen molar-refractivity contribution in [1.82, 2.24) is 19.6 Å². The molecule has 9 nitrogen and oxygen atoms in total. The molecule has 0 fully saturated rings. The van der Waals surface area contributed by atoms with Gasteiger partial charge in [-0.05, 0) is 35.4 Å². The van der Waals surface area contributed by atoms with Crippen LogP contribution in [0.3, 0.4) is 0 Å². The van der Waals surface area contributed by atoms with Gasteiger partial charge in [0.05, 0.1) is 11.4 Å². The van der Waals surface area contributed by atoms with Crippen molar-refractivity contribution in [3.63, 3.8) is 0 Å². The average molecular weight is 733 g/mol. The number of alkyl halides is 12. The molecule has 5 rings (SSSR count). The third kappa shape index (κ3) is 6.35. The van der Waals surface area contributed by atoms with Gasteiger partial charge >= 0.3 is 48.3 Å². The molecule has 49 heavy (non-hydrogen) atoms. The summed E-state index contributed by atoms with van der Waals surface area (Å²) in [5, 5.41) is 0. The van der Waals surface area contributed by atoms with Crippen LogP contribution in [-0.2, 0) is 19.2 Å². The molecule has 0 aromatic heterocycles. The molecule has 3 aliphatic heterocycles. The maximum absolute atomic E-state index is 13.4. The van der Waals surface area contributed by atoms with E-state index in [-0.39, 0.29) is 40.8 Å². The van der Waals surface area contributed by atoms with Crippen molar-refractivity contribution in [2.24, 2.45) is 0 Å². The quantitative estimate of drug-likeness (QED) is 0.330. The van der Waals surface area contributed by atoms with Crippen LogP contribution < -0.4 is 4.90 Å². The Morgan fingerprint density at radius 2 is 0.776 bits per heavy atom. The van der Waals surface area contributed by atoms with Crippen LogP contribution in [-0.4, -0.2) is 75.0 Å². The Hall–Kier alpha value is -4.89. The van der Waals surface area contributed by atoms with Crippen LogP contribution in [0.1, 0.15) is 23.5 Å². The van der Waals surface area contributed by atoms with Crippen LogP contribution in [0.25, 0.3) is 0 Å². The lowest BCUT2D eigenvalue weighted by Gasteiger charge is -2.35. The van der Waals surface area contributed by atoms with E-state index in [0.29, 0.717) is 36.6 Å². The first-order valence-electron chi connectivity index (χ1n) is 13.1. The Morgan fingerprint density at radius 1 is 0.510 bits per heavy atom. The average Bonchev–Trinajstić information content (AvgIpc) is 3.62. The first kappa shape index (κ1) is 35.4.